The predicted molar refractivity (Wildman–Crippen MR) is 41.5 cm³/mol. The molecule has 0 aromatic rings. The molecule has 0 bridgehead atoms. The number of hydrogen-bond donors (Lipinski definition) is 0. The molecule has 1 saturated carbocycles. The normalized spacial score (nSPS) is 23.4. The van der Waals surface area contributed by atoms with E-state index in [0.29, 0.717) is 5.92 Å². The summed E-state index contributed by atoms with van der Waals surface area (Å²) in [7, 11) is 1.74. The average Bonchev–Trinajstić information content (AvgIpc) is 2.38. The van der Waals surface area contributed by atoms with Crippen LogP contribution >= 0.6 is 0 Å². The van der Waals surface area contributed by atoms with Crippen LogP contribution in [0.15, 0.2) is 0 Å². The molecular weight excluding hydrogens is 124 g/mol. The van der Waals surface area contributed by atoms with Gasteiger partial charge in [0.2, 0.25) is 0 Å². The van der Waals surface area contributed by atoms with Crippen molar-refractivity contribution in [2.24, 2.45) is 5.92 Å². The summed E-state index contributed by atoms with van der Waals surface area (Å²) in [4.78, 5) is 0. The Hall–Kier alpha value is -0.0400. The Morgan fingerprint density at radius 2 is 2.00 bits per heavy atom. The molecule has 0 N–H and O–H groups in total. The number of methoxy groups -OCH3 is 1. The van der Waals surface area contributed by atoms with Gasteiger partial charge in [-0.2, -0.15) is 0 Å². The molecule has 1 fully saturated rings. The van der Waals surface area contributed by atoms with Crippen molar-refractivity contribution in [1.29, 1.82) is 0 Å². The molecule has 1 rings (SSSR count). The van der Waals surface area contributed by atoms with Gasteiger partial charge in [0.1, 0.15) is 0 Å². The lowest BCUT2D eigenvalue weighted by atomic mass is 9.93. The molecule has 1 heteroatoms. The minimum absolute atomic E-state index is 0.528. The van der Waals surface area contributed by atoms with E-state index < -0.39 is 0 Å². The van der Waals surface area contributed by atoms with E-state index in [1.807, 2.05) is 0 Å². The molecular formula is C9H13O. The van der Waals surface area contributed by atoms with Gasteiger partial charge in [0, 0.05) is 13.7 Å². The molecule has 1 aliphatic carbocycles. The Labute approximate surface area is 63.8 Å². The van der Waals surface area contributed by atoms with Gasteiger partial charge in [-0.05, 0) is 37.5 Å². The van der Waals surface area contributed by atoms with E-state index in [9.17, 15) is 0 Å². The highest BCUT2D eigenvalue weighted by molar-refractivity contribution is 5.36. The van der Waals surface area contributed by atoms with Crippen molar-refractivity contribution in [3.8, 4) is 0 Å². The molecule has 0 amide bonds. The van der Waals surface area contributed by atoms with Gasteiger partial charge in [-0.15, -0.1) is 0 Å². The molecule has 0 spiro atoms. The van der Waals surface area contributed by atoms with Crippen molar-refractivity contribution < 1.29 is 4.74 Å². The van der Waals surface area contributed by atoms with Gasteiger partial charge in [-0.3, -0.25) is 0 Å². The molecule has 0 saturated heterocycles. The first-order chi connectivity index (χ1) is 4.84. The van der Waals surface area contributed by atoms with Crippen LogP contribution < -0.4 is 0 Å². The second kappa shape index (κ2) is 3.97. The highest BCUT2D eigenvalue weighted by atomic mass is 16.5. The largest absolute Gasteiger partial charge is 0.384 e. The maximum atomic E-state index is 5.03. The Balaban J connectivity index is 2.18. The Morgan fingerprint density at radius 3 is 2.50 bits per heavy atom. The average molecular weight is 137 g/mol. The van der Waals surface area contributed by atoms with Crippen molar-refractivity contribution in [1.82, 2.24) is 0 Å². The molecule has 10 heavy (non-hydrogen) atoms. The molecule has 0 unspecified atom stereocenters. The van der Waals surface area contributed by atoms with Crippen molar-refractivity contribution >= 4 is 0 Å². The van der Waals surface area contributed by atoms with E-state index in [0.717, 1.165) is 6.61 Å². The summed E-state index contributed by atoms with van der Waals surface area (Å²) in [5, 5.41) is 0. The molecule has 1 nitrogen and oxygen atoms in total. The van der Waals surface area contributed by atoms with Crippen LogP contribution in [-0.4, -0.2) is 13.7 Å². The summed E-state index contributed by atoms with van der Waals surface area (Å²) in [6.07, 6.45) is 8.37. The number of ether oxygens (including phenoxy) is 1. The van der Waals surface area contributed by atoms with Crippen LogP contribution in [0.4, 0.5) is 0 Å². The molecule has 0 heterocycles. The Morgan fingerprint density at radius 1 is 1.40 bits per heavy atom. The van der Waals surface area contributed by atoms with Gasteiger partial charge < -0.3 is 4.74 Å². The van der Waals surface area contributed by atoms with Gasteiger partial charge in [0.15, 0.2) is 0 Å². The minimum atomic E-state index is 0.528. The van der Waals surface area contributed by atoms with E-state index in [1.165, 1.54) is 5.92 Å². The number of rotatable bonds is 3. The SMILES string of the molecule is COC[C@H](C)[C]1[CH][CH][CH][CH]1. The minimum Gasteiger partial charge on any atom is -0.384 e. The standard InChI is InChI=1S/C9H13O/c1-8(7-10-2)9-5-3-4-6-9/h3-6,8H,7H2,1-2H3/t8-/m0/s1. The Bertz CT molecular complexity index is 84.7. The topological polar surface area (TPSA) is 9.23 Å². The quantitative estimate of drug-likeness (QED) is 0.575. The molecule has 1 aliphatic rings. The van der Waals surface area contributed by atoms with Crippen molar-refractivity contribution in [3.05, 3.63) is 31.6 Å². The van der Waals surface area contributed by atoms with Gasteiger partial charge in [-0.25, -0.2) is 0 Å². The Kier molecular flexibility index (Phi) is 3.20. The molecule has 1 atom stereocenters. The van der Waals surface area contributed by atoms with E-state index in [-0.39, 0.29) is 0 Å². The summed E-state index contributed by atoms with van der Waals surface area (Å²) in [6, 6.07) is 0. The van der Waals surface area contributed by atoms with Crippen molar-refractivity contribution in [3.63, 3.8) is 0 Å². The summed E-state index contributed by atoms with van der Waals surface area (Å²) in [6.45, 7) is 2.98. The van der Waals surface area contributed by atoms with Gasteiger partial charge in [0.05, 0.1) is 0 Å². The van der Waals surface area contributed by atoms with E-state index in [4.69, 9.17) is 4.74 Å². The van der Waals surface area contributed by atoms with Crippen LogP contribution in [0.5, 0.6) is 0 Å². The zero-order valence-electron chi connectivity index (χ0n) is 6.50. The lowest BCUT2D eigenvalue weighted by Crippen LogP contribution is -2.12. The first-order valence-electron chi connectivity index (χ1n) is 3.55. The van der Waals surface area contributed by atoms with Crippen LogP contribution in [0.3, 0.4) is 0 Å². The van der Waals surface area contributed by atoms with Crippen molar-refractivity contribution in [2.75, 3.05) is 13.7 Å². The first-order valence-corrected chi connectivity index (χ1v) is 3.55. The summed E-state index contributed by atoms with van der Waals surface area (Å²) < 4.78 is 5.03. The molecule has 0 aromatic carbocycles. The smallest absolute Gasteiger partial charge is 0.0493 e. The molecule has 55 valence electrons. The van der Waals surface area contributed by atoms with E-state index in [1.54, 1.807) is 7.11 Å². The van der Waals surface area contributed by atoms with Crippen molar-refractivity contribution in [2.45, 2.75) is 6.92 Å². The fraction of sp³-hybridized carbons (Fsp3) is 0.444. The maximum absolute atomic E-state index is 5.03. The zero-order chi connectivity index (χ0) is 7.40. The lowest BCUT2D eigenvalue weighted by molar-refractivity contribution is 0.167. The predicted octanol–water partition coefficient (Wildman–Crippen LogP) is 1.67. The fourth-order valence-corrected chi connectivity index (χ4v) is 1.06. The maximum Gasteiger partial charge on any atom is 0.0493 e. The van der Waals surface area contributed by atoms with E-state index >= 15 is 0 Å². The molecule has 0 aromatic heterocycles. The second-order valence-corrected chi connectivity index (χ2v) is 2.57. The van der Waals surface area contributed by atoms with Crippen LogP contribution in [-0.2, 0) is 4.74 Å². The van der Waals surface area contributed by atoms with Gasteiger partial charge >= 0.3 is 0 Å². The molecule has 0 aliphatic heterocycles. The van der Waals surface area contributed by atoms with Gasteiger partial charge in [0.25, 0.3) is 0 Å². The fourth-order valence-electron chi connectivity index (χ4n) is 1.06. The third kappa shape index (κ3) is 1.98. The van der Waals surface area contributed by atoms with Gasteiger partial charge in [-0.1, -0.05) is 6.92 Å². The monoisotopic (exact) mass is 137 g/mol. The highest BCUT2D eigenvalue weighted by Gasteiger charge is 2.22. The van der Waals surface area contributed by atoms with Crippen LogP contribution in [0, 0.1) is 37.5 Å². The third-order valence-electron chi connectivity index (χ3n) is 1.67. The second-order valence-electron chi connectivity index (χ2n) is 2.57. The highest BCUT2D eigenvalue weighted by Crippen LogP contribution is 2.29. The lowest BCUT2D eigenvalue weighted by Gasteiger charge is -2.15. The van der Waals surface area contributed by atoms with Crippen LogP contribution in [0.2, 0.25) is 0 Å². The summed E-state index contributed by atoms with van der Waals surface area (Å²) in [5.74, 6) is 1.89. The zero-order valence-corrected chi connectivity index (χ0v) is 6.50. The summed E-state index contributed by atoms with van der Waals surface area (Å²) >= 11 is 0. The third-order valence-corrected chi connectivity index (χ3v) is 1.67. The summed E-state index contributed by atoms with van der Waals surface area (Å²) in [5.41, 5.74) is 0. The van der Waals surface area contributed by atoms with Crippen LogP contribution in [0.25, 0.3) is 0 Å². The molecule has 5 radical (unpaired) electrons. The first kappa shape index (κ1) is 8.06. The number of hydrogen-bond acceptors (Lipinski definition) is 1. The van der Waals surface area contributed by atoms with Crippen LogP contribution in [0.1, 0.15) is 6.92 Å². The van der Waals surface area contributed by atoms with E-state index in [2.05, 4.69) is 32.6 Å².